The molecule has 6 nitrogen and oxygen atoms in total. The minimum Gasteiger partial charge on any atom is -0.354 e. The van der Waals surface area contributed by atoms with Gasteiger partial charge in [0.05, 0.1) is 12.6 Å². The lowest BCUT2D eigenvalue weighted by molar-refractivity contribution is 0.140. The van der Waals surface area contributed by atoms with Crippen LogP contribution in [0.5, 0.6) is 0 Å². The summed E-state index contributed by atoms with van der Waals surface area (Å²) < 4.78 is 2.22. The first-order valence-electron chi connectivity index (χ1n) is 10.8. The van der Waals surface area contributed by atoms with E-state index in [0.29, 0.717) is 18.5 Å². The summed E-state index contributed by atoms with van der Waals surface area (Å²) in [5, 5.41) is 9.17. The van der Waals surface area contributed by atoms with Crippen molar-refractivity contribution in [1.29, 1.82) is 0 Å². The third-order valence-electron chi connectivity index (χ3n) is 5.59. The molecule has 0 spiro atoms. The molecule has 1 atom stereocenters. The van der Waals surface area contributed by atoms with Gasteiger partial charge < -0.3 is 15.2 Å². The van der Waals surface area contributed by atoms with E-state index in [-0.39, 0.29) is 0 Å². The predicted octanol–water partition coefficient (Wildman–Crippen LogP) is 3.74. The molecule has 160 valence electrons. The maximum absolute atomic E-state index is 4.50. The van der Waals surface area contributed by atoms with Gasteiger partial charge in [-0.15, -0.1) is 11.3 Å². The van der Waals surface area contributed by atoms with E-state index >= 15 is 0 Å². The van der Waals surface area contributed by atoms with Crippen LogP contribution in [0.25, 0.3) is 0 Å². The maximum Gasteiger partial charge on any atom is 0.191 e. The zero-order valence-electron chi connectivity index (χ0n) is 18.3. The Labute approximate surface area is 179 Å². The van der Waals surface area contributed by atoms with Gasteiger partial charge in [0, 0.05) is 37.4 Å². The number of piperidine rings is 1. The fourth-order valence-electron chi connectivity index (χ4n) is 3.87. The van der Waals surface area contributed by atoms with Gasteiger partial charge in [0.25, 0.3) is 0 Å². The molecule has 1 saturated heterocycles. The zero-order chi connectivity index (χ0) is 20.6. The third kappa shape index (κ3) is 6.31. The summed E-state index contributed by atoms with van der Waals surface area (Å²) in [4.78, 5) is 13.0. The number of aliphatic imine (C=N–C) groups is 1. The first-order chi connectivity index (χ1) is 14.1. The van der Waals surface area contributed by atoms with Crippen molar-refractivity contribution < 1.29 is 0 Å². The van der Waals surface area contributed by atoms with Crippen LogP contribution in [-0.2, 0) is 13.1 Å². The van der Waals surface area contributed by atoms with Crippen molar-refractivity contribution in [2.75, 3.05) is 26.7 Å². The van der Waals surface area contributed by atoms with Crippen LogP contribution in [0.2, 0.25) is 0 Å². The lowest BCUT2D eigenvalue weighted by atomic mass is 9.97. The van der Waals surface area contributed by atoms with Gasteiger partial charge in [-0.2, -0.15) is 0 Å². The van der Waals surface area contributed by atoms with E-state index in [9.17, 15) is 0 Å². The fourth-order valence-corrected chi connectivity index (χ4v) is 4.74. The third-order valence-corrected chi connectivity index (χ3v) is 6.57. The van der Waals surface area contributed by atoms with Gasteiger partial charge in [0.1, 0.15) is 5.82 Å². The number of rotatable bonds is 8. The minimum atomic E-state index is 0.393. The number of aromatic nitrogens is 2. The van der Waals surface area contributed by atoms with Gasteiger partial charge in [0.2, 0.25) is 0 Å². The highest BCUT2D eigenvalue weighted by Crippen LogP contribution is 2.29. The molecule has 3 heterocycles. The summed E-state index contributed by atoms with van der Waals surface area (Å²) in [6, 6.07) is 4.80. The molecule has 1 fully saturated rings. The second kappa shape index (κ2) is 10.8. The van der Waals surface area contributed by atoms with Gasteiger partial charge in [-0.25, -0.2) is 4.98 Å². The van der Waals surface area contributed by atoms with E-state index in [1.807, 2.05) is 24.6 Å². The standard InChI is InChI=1S/C22H36N6S/c1-17(2)16-28-12-9-24-21(28)15-26-22(23-4)25-14-19(20-6-5-13-29-20)27-10-7-18(3)8-11-27/h5-6,9,12-13,17-19H,7-8,10-11,14-16H2,1-4H3,(H2,23,25,26). The average Bonchev–Trinajstić information content (AvgIpc) is 3.38. The second-order valence-electron chi connectivity index (χ2n) is 8.45. The summed E-state index contributed by atoms with van der Waals surface area (Å²) in [7, 11) is 1.83. The molecule has 0 radical (unpaired) electrons. The Hall–Kier alpha value is -1.86. The Morgan fingerprint density at radius 2 is 2.10 bits per heavy atom. The number of hydrogen-bond acceptors (Lipinski definition) is 4. The molecule has 2 aromatic heterocycles. The van der Waals surface area contributed by atoms with Crippen LogP contribution in [0.15, 0.2) is 34.9 Å². The van der Waals surface area contributed by atoms with Crippen molar-refractivity contribution in [3.05, 3.63) is 40.6 Å². The highest BCUT2D eigenvalue weighted by Gasteiger charge is 2.25. The van der Waals surface area contributed by atoms with E-state index in [4.69, 9.17) is 0 Å². The van der Waals surface area contributed by atoms with E-state index in [1.54, 1.807) is 0 Å². The normalized spacial score (nSPS) is 17.6. The summed E-state index contributed by atoms with van der Waals surface area (Å²) in [6.45, 7) is 11.7. The van der Waals surface area contributed by atoms with E-state index in [2.05, 4.69) is 74.6 Å². The highest BCUT2D eigenvalue weighted by molar-refractivity contribution is 7.10. The molecule has 2 aromatic rings. The zero-order valence-corrected chi connectivity index (χ0v) is 19.1. The fraction of sp³-hybridized carbons (Fsp3) is 0.636. The molecule has 3 rings (SSSR count). The van der Waals surface area contributed by atoms with Gasteiger partial charge >= 0.3 is 0 Å². The molecular weight excluding hydrogens is 380 g/mol. The minimum absolute atomic E-state index is 0.393. The van der Waals surface area contributed by atoms with Crippen LogP contribution in [0.1, 0.15) is 50.4 Å². The van der Waals surface area contributed by atoms with Crippen LogP contribution in [0.4, 0.5) is 0 Å². The van der Waals surface area contributed by atoms with Crippen molar-refractivity contribution in [3.63, 3.8) is 0 Å². The van der Waals surface area contributed by atoms with Crippen molar-refractivity contribution in [3.8, 4) is 0 Å². The number of imidazole rings is 1. The molecular formula is C22H36N6S. The predicted molar refractivity (Wildman–Crippen MR) is 122 cm³/mol. The van der Waals surface area contributed by atoms with Gasteiger partial charge in [0.15, 0.2) is 5.96 Å². The average molecular weight is 417 g/mol. The molecule has 29 heavy (non-hydrogen) atoms. The van der Waals surface area contributed by atoms with Crippen molar-refractivity contribution in [1.82, 2.24) is 25.1 Å². The van der Waals surface area contributed by atoms with Gasteiger partial charge in [-0.3, -0.25) is 9.89 Å². The molecule has 0 aromatic carbocycles. The Balaban J connectivity index is 1.57. The molecule has 0 saturated carbocycles. The number of thiophene rings is 1. The molecule has 2 N–H and O–H groups in total. The Bertz CT molecular complexity index is 743. The molecule has 0 bridgehead atoms. The van der Waals surface area contributed by atoms with E-state index in [0.717, 1.165) is 30.8 Å². The van der Waals surface area contributed by atoms with Crippen LogP contribution >= 0.6 is 11.3 Å². The van der Waals surface area contributed by atoms with Gasteiger partial charge in [-0.05, 0) is 49.2 Å². The first-order valence-corrected chi connectivity index (χ1v) is 11.7. The number of guanidine groups is 1. The Kier molecular flexibility index (Phi) is 8.12. The van der Waals surface area contributed by atoms with E-state index < -0.39 is 0 Å². The lowest BCUT2D eigenvalue weighted by Gasteiger charge is -2.36. The number of hydrogen-bond donors (Lipinski definition) is 2. The van der Waals surface area contributed by atoms with Crippen molar-refractivity contribution >= 4 is 17.3 Å². The van der Waals surface area contributed by atoms with Crippen LogP contribution in [0, 0.1) is 11.8 Å². The summed E-state index contributed by atoms with van der Waals surface area (Å²) in [6.07, 6.45) is 6.50. The van der Waals surface area contributed by atoms with E-state index in [1.165, 1.54) is 30.8 Å². The topological polar surface area (TPSA) is 57.5 Å². The first kappa shape index (κ1) is 21.8. The molecule has 0 amide bonds. The monoisotopic (exact) mass is 416 g/mol. The molecule has 7 heteroatoms. The molecule has 1 aliphatic heterocycles. The van der Waals surface area contributed by atoms with Crippen LogP contribution in [-0.4, -0.2) is 47.1 Å². The summed E-state index contributed by atoms with van der Waals surface area (Å²) >= 11 is 1.85. The Morgan fingerprint density at radius 3 is 2.76 bits per heavy atom. The number of nitrogens with zero attached hydrogens (tertiary/aromatic N) is 4. The molecule has 1 aliphatic rings. The maximum atomic E-state index is 4.50. The van der Waals surface area contributed by atoms with Crippen LogP contribution < -0.4 is 10.6 Å². The number of likely N-dealkylation sites (tertiary alicyclic amines) is 1. The molecule has 1 unspecified atom stereocenters. The summed E-state index contributed by atoms with van der Waals surface area (Å²) in [5.41, 5.74) is 0. The van der Waals surface area contributed by atoms with Gasteiger partial charge in [-0.1, -0.05) is 26.8 Å². The highest BCUT2D eigenvalue weighted by atomic mass is 32.1. The Morgan fingerprint density at radius 1 is 1.31 bits per heavy atom. The molecule has 0 aliphatic carbocycles. The van der Waals surface area contributed by atoms with Crippen molar-refractivity contribution in [2.24, 2.45) is 16.8 Å². The smallest absolute Gasteiger partial charge is 0.191 e. The quantitative estimate of drug-likeness (QED) is 0.508. The van der Waals surface area contributed by atoms with Crippen LogP contribution in [0.3, 0.4) is 0 Å². The largest absolute Gasteiger partial charge is 0.354 e. The second-order valence-corrected chi connectivity index (χ2v) is 9.43. The summed E-state index contributed by atoms with van der Waals surface area (Å²) in [5.74, 6) is 3.31. The SMILES string of the molecule is CN=C(NCc1nccn1CC(C)C)NCC(c1cccs1)N1CCC(C)CC1. The lowest BCUT2D eigenvalue weighted by Crippen LogP contribution is -2.45. The van der Waals surface area contributed by atoms with Crippen molar-refractivity contribution in [2.45, 2.75) is 52.7 Å². The number of nitrogens with one attached hydrogen (secondary N) is 2.